The zero-order chi connectivity index (χ0) is 14.9. The summed E-state index contributed by atoms with van der Waals surface area (Å²) in [6.07, 6.45) is 0. The number of nitrogens with one attached hydrogen (secondary N) is 2. The Morgan fingerprint density at radius 1 is 1.50 bits per heavy atom. The third kappa shape index (κ3) is 2.86. The molecule has 2 rings (SSSR count). The molecule has 6 heteroatoms. The first-order valence-electron chi connectivity index (χ1n) is 6.04. The second kappa shape index (κ2) is 5.93. The second-order valence-electron chi connectivity index (χ2n) is 4.58. The van der Waals surface area contributed by atoms with Crippen LogP contribution < -0.4 is 15.4 Å². The standard InChI is InChI=1S/C14H15BrN2O2S/c1-7-12(8(2)18)13(17-14(20)16-7)10-6-9(15)4-5-11(10)19-3/h4-6,12-13H,1H2,2-3H3,(H2,16,17,20). The van der Waals surface area contributed by atoms with E-state index in [4.69, 9.17) is 17.0 Å². The number of benzene rings is 1. The largest absolute Gasteiger partial charge is 0.496 e. The van der Waals surface area contributed by atoms with E-state index in [0.29, 0.717) is 16.6 Å². The van der Waals surface area contributed by atoms with E-state index in [1.54, 1.807) is 14.0 Å². The van der Waals surface area contributed by atoms with Crippen molar-refractivity contribution in [3.63, 3.8) is 0 Å². The fourth-order valence-electron chi connectivity index (χ4n) is 2.37. The van der Waals surface area contributed by atoms with E-state index >= 15 is 0 Å². The summed E-state index contributed by atoms with van der Waals surface area (Å²) >= 11 is 8.60. The molecular weight excluding hydrogens is 340 g/mol. The molecule has 0 radical (unpaired) electrons. The highest BCUT2D eigenvalue weighted by atomic mass is 79.9. The van der Waals surface area contributed by atoms with Gasteiger partial charge in [0, 0.05) is 15.7 Å². The van der Waals surface area contributed by atoms with Crippen molar-refractivity contribution in [1.82, 2.24) is 10.6 Å². The van der Waals surface area contributed by atoms with Crippen LogP contribution in [0.5, 0.6) is 5.75 Å². The third-order valence-electron chi connectivity index (χ3n) is 3.23. The van der Waals surface area contributed by atoms with Crippen molar-refractivity contribution in [3.8, 4) is 5.75 Å². The molecule has 0 aromatic heterocycles. The summed E-state index contributed by atoms with van der Waals surface area (Å²) < 4.78 is 6.30. The van der Waals surface area contributed by atoms with E-state index < -0.39 is 5.92 Å². The second-order valence-corrected chi connectivity index (χ2v) is 5.90. The van der Waals surface area contributed by atoms with Crippen molar-refractivity contribution in [2.24, 2.45) is 5.92 Å². The van der Waals surface area contributed by atoms with Crippen molar-refractivity contribution in [1.29, 1.82) is 0 Å². The van der Waals surface area contributed by atoms with Gasteiger partial charge in [-0.3, -0.25) is 4.79 Å². The van der Waals surface area contributed by atoms with E-state index in [1.165, 1.54) is 0 Å². The van der Waals surface area contributed by atoms with Gasteiger partial charge in [-0.15, -0.1) is 0 Å². The molecule has 1 aliphatic heterocycles. The molecule has 1 saturated heterocycles. The van der Waals surface area contributed by atoms with Gasteiger partial charge in [0.15, 0.2) is 5.11 Å². The molecule has 1 fully saturated rings. The van der Waals surface area contributed by atoms with Gasteiger partial charge in [-0.1, -0.05) is 22.5 Å². The molecule has 20 heavy (non-hydrogen) atoms. The smallest absolute Gasteiger partial charge is 0.171 e. The Morgan fingerprint density at radius 3 is 2.80 bits per heavy atom. The lowest BCUT2D eigenvalue weighted by molar-refractivity contribution is -0.120. The van der Waals surface area contributed by atoms with Crippen LogP contribution in [0.4, 0.5) is 0 Å². The Balaban J connectivity index is 2.51. The van der Waals surface area contributed by atoms with Gasteiger partial charge in [0.2, 0.25) is 0 Å². The first-order valence-corrected chi connectivity index (χ1v) is 7.24. The van der Waals surface area contributed by atoms with Crippen molar-refractivity contribution >= 4 is 39.0 Å². The van der Waals surface area contributed by atoms with Gasteiger partial charge in [0.1, 0.15) is 11.5 Å². The Kier molecular flexibility index (Phi) is 4.45. The molecular formula is C14H15BrN2O2S. The van der Waals surface area contributed by atoms with E-state index in [2.05, 4.69) is 33.1 Å². The van der Waals surface area contributed by atoms with E-state index in [9.17, 15) is 4.79 Å². The number of Topliss-reactive ketones (excluding diaryl/α,β-unsaturated/α-hetero) is 1. The topological polar surface area (TPSA) is 50.4 Å². The van der Waals surface area contributed by atoms with Gasteiger partial charge in [-0.2, -0.15) is 0 Å². The molecule has 0 spiro atoms. The van der Waals surface area contributed by atoms with Crippen molar-refractivity contribution in [3.05, 3.63) is 40.5 Å². The number of hydrogen-bond donors (Lipinski definition) is 2. The molecule has 2 N–H and O–H groups in total. The maximum Gasteiger partial charge on any atom is 0.171 e. The van der Waals surface area contributed by atoms with Crippen LogP contribution in [0.1, 0.15) is 18.5 Å². The predicted molar refractivity (Wildman–Crippen MR) is 85.6 cm³/mol. The van der Waals surface area contributed by atoms with Gasteiger partial charge >= 0.3 is 0 Å². The van der Waals surface area contributed by atoms with E-state index in [-0.39, 0.29) is 11.8 Å². The number of rotatable bonds is 3. The summed E-state index contributed by atoms with van der Waals surface area (Å²) in [5.41, 5.74) is 1.47. The fourth-order valence-corrected chi connectivity index (χ4v) is 3.01. The Labute approximate surface area is 131 Å². The first kappa shape index (κ1) is 15.0. The number of hydrogen-bond acceptors (Lipinski definition) is 3. The number of ketones is 1. The molecule has 1 aromatic carbocycles. The Morgan fingerprint density at radius 2 is 2.20 bits per heavy atom. The average Bonchev–Trinajstić information content (AvgIpc) is 2.37. The fraction of sp³-hybridized carbons (Fsp3) is 0.286. The van der Waals surface area contributed by atoms with Gasteiger partial charge in [0.05, 0.1) is 19.1 Å². The number of carbonyl (C=O) groups is 1. The molecule has 2 atom stereocenters. The van der Waals surface area contributed by atoms with Crippen LogP contribution in [-0.2, 0) is 4.79 Å². The minimum Gasteiger partial charge on any atom is -0.496 e. The Bertz CT molecular complexity index is 589. The maximum atomic E-state index is 11.9. The van der Waals surface area contributed by atoms with Crippen molar-refractivity contribution in [2.45, 2.75) is 13.0 Å². The molecule has 1 aromatic rings. The van der Waals surface area contributed by atoms with Crippen LogP contribution in [0.2, 0.25) is 0 Å². The van der Waals surface area contributed by atoms with Crippen LogP contribution >= 0.6 is 28.1 Å². The van der Waals surface area contributed by atoms with Crippen LogP contribution in [0, 0.1) is 5.92 Å². The summed E-state index contributed by atoms with van der Waals surface area (Å²) in [4.78, 5) is 11.9. The quantitative estimate of drug-likeness (QED) is 0.817. The normalized spacial score (nSPS) is 21.9. The van der Waals surface area contributed by atoms with Gasteiger partial charge < -0.3 is 15.4 Å². The number of carbonyl (C=O) groups excluding carboxylic acids is 1. The molecule has 4 nitrogen and oxygen atoms in total. The molecule has 1 aliphatic rings. The summed E-state index contributed by atoms with van der Waals surface area (Å²) in [5, 5.41) is 6.51. The summed E-state index contributed by atoms with van der Waals surface area (Å²) in [5.74, 6) is 0.323. The predicted octanol–water partition coefficient (Wildman–Crippen LogP) is 2.70. The molecule has 2 unspecified atom stereocenters. The summed E-state index contributed by atoms with van der Waals surface area (Å²) in [6.45, 7) is 5.46. The van der Waals surface area contributed by atoms with Crippen LogP contribution in [0.25, 0.3) is 0 Å². The SMILES string of the molecule is C=C1NC(=S)NC(c2cc(Br)ccc2OC)C1C(C)=O. The summed E-state index contributed by atoms with van der Waals surface area (Å²) in [7, 11) is 1.60. The van der Waals surface area contributed by atoms with Gasteiger partial charge in [0.25, 0.3) is 0 Å². The van der Waals surface area contributed by atoms with Crippen LogP contribution in [0.3, 0.4) is 0 Å². The maximum absolute atomic E-state index is 11.9. The molecule has 0 bridgehead atoms. The van der Waals surface area contributed by atoms with Crippen LogP contribution in [-0.4, -0.2) is 18.0 Å². The highest BCUT2D eigenvalue weighted by Gasteiger charge is 2.35. The molecule has 1 heterocycles. The third-order valence-corrected chi connectivity index (χ3v) is 3.95. The number of halogens is 1. The van der Waals surface area contributed by atoms with E-state index in [1.807, 2.05) is 18.2 Å². The highest BCUT2D eigenvalue weighted by molar-refractivity contribution is 9.10. The molecule has 0 amide bonds. The highest BCUT2D eigenvalue weighted by Crippen LogP contribution is 2.36. The summed E-state index contributed by atoms with van der Waals surface area (Å²) in [6, 6.07) is 5.38. The number of thiocarbonyl (C=S) groups is 1. The van der Waals surface area contributed by atoms with Crippen molar-refractivity contribution < 1.29 is 9.53 Å². The zero-order valence-electron chi connectivity index (χ0n) is 11.2. The molecule has 0 saturated carbocycles. The van der Waals surface area contributed by atoms with Gasteiger partial charge in [-0.25, -0.2) is 0 Å². The minimum atomic E-state index is -0.398. The lowest BCUT2D eigenvalue weighted by Gasteiger charge is -2.35. The molecule has 0 aliphatic carbocycles. The average molecular weight is 355 g/mol. The lowest BCUT2D eigenvalue weighted by Crippen LogP contribution is -2.50. The minimum absolute atomic E-state index is 0.0181. The number of ether oxygens (including phenoxy) is 1. The number of methoxy groups -OCH3 is 1. The van der Waals surface area contributed by atoms with Crippen LogP contribution in [0.15, 0.2) is 34.9 Å². The molecule has 106 valence electrons. The van der Waals surface area contributed by atoms with Gasteiger partial charge in [-0.05, 0) is 37.3 Å². The van der Waals surface area contributed by atoms with Crippen molar-refractivity contribution in [2.75, 3.05) is 7.11 Å². The first-order chi connectivity index (χ1) is 9.43. The zero-order valence-corrected chi connectivity index (χ0v) is 13.6. The van der Waals surface area contributed by atoms with E-state index in [0.717, 1.165) is 10.0 Å². The monoisotopic (exact) mass is 354 g/mol. The Hall–Kier alpha value is -1.40. The lowest BCUT2D eigenvalue weighted by atomic mass is 9.86.